The standard InChI is InChI=1S/C13H22N2S3/c1-4-5-14-9(2)11-8-18-13(15-11)12-10(3)16-6-7-17-12/h8-10,12,14H,4-7H2,1-3H3. The molecule has 2 rings (SSSR count). The fourth-order valence-corrected chi connectivity index (χ4v) is 6.09. The summed E-state index contributed by atoms with van der Waals surface area (Å²) in [5, 5.41) is 8.35. The largest absolute Gasteiger partial charge is 0.309 e. The second-order valence-corrected chi connectivity index (χ2v) is 8.28. The molecule has 0 radical (unpaired) electrons. The van der Waals surface area contributed by atoms with E-state index in [0.717, 1.165) is 6.54 Å². The van der Waals surface area contributed by atoms with Gasteiger partial charge in [-0.15, -0.1) is 23.1 Å². The van der Waals surface area contributed by atoms with Gasteiger partial charge in [-0.1, -0.05) is 13.8 Å². The third-order valence-corrected chi connectivity index (χ3v) is 7.31. The smallest absolute Gasteiger partial charge is 0.107 e. The van der Waals surface area contributed by atoms with E-state index in [1.165, 1.54) is 28.6 Å². The Balaban J connectivity index is 2.00. The van der Waals surface area contributed by atoms with E-state index in [2.05, 4.69) is 55.0 Å². The Bertz CT molecular complexity index is 367. The number of rotatable bonds is 5. The Morgan fingerprint density at radius 1 is 1.44 bits per heavy atom. The lowest BCUT2D eigenvalue weighted by molar-refractivity contribution is 0.559. The molecule has 1 saturated heterocycles. The fourth-order valence-electron chi connectivity index (χ4n) is 2.00. The normalized spacial score (nSPS) is 26.2. The maximum absolute atomic E-state index is 4.86. The number of hydrogen-bond donors (Lipinski definition) is 1. The van der Waals surface area contributed by atoms with Crippen LogP contribution < -0.4 is 5.32 Å². The molecule has 1 N–H and O–H groups in total. The van der Waals surface area contributed by atoms with Crippen molar-refractivity contribution in [3.05, 3.63) is 16.1 Å². The number of nitrogens with one attached hydrogen (secondary N) is 1. The Kier molecular flexibility index (Phi) is 5.86. The molecule has 0 saturated carbocycles. The summed E-state index contributed by atoms with van der Waals surface area (Å²) in [6.07, 6.45) is 1.17. The van der Waals surface area contributed by atoms with Crippen LogP contribution in [0.1, 0.15) is 49.2 Å². The van der Waals surface area contributed by atoms with E-state index in [4.69, 9.17) is 4.98 Å². The van der Waals surface area contributed by atoms with Crippen molar-refractivity contribution < 1.29 is 0 Å². The van der Waals surface area contributed by atoms with Crippen molar-refractivity contribution in [1.29, 1.82) is 0 Å². The summed E-state index contributed by atoms with van der Waals surface area (Å²) in [6, 6.07) is 0.381. The number of thiazole rings is 1. The van der Waals surface area contributed by atoms with E-state index in [-0.39, 0.29) is 0 Å². The summed E-state index contributed by atoms with van der Waals surface area (Å²) in [6.45, 7) is 7.81. The van der Waals surface area contributed by atoms with Crippen LogP contribution >= 0.6 is 34.9 Å². The van der Waals surface area contributed by atoms with E-state index in [9.17, 15) is 0 Å². The highest BCUT2D eigenvalue weighted by Crippen LogP contribution is 2.43. The summed E-state index contributed by atoms with van der Waals surface area (Å²) in [4.78, 5) is 4.86. The molecule has 1 aromatic heterocycles. The van der Waals surface area contributed by atoms with E-state index in [1.807, 2.05) is 11.3 Å². The van der Waals surface area contributed by atoms with Crippen molar-refractivity contribution in [2.45, 2.75) is 43.7 Å². The number of nitrogens with zero attached hydrogens (tertiary/aromatic N) is 1. The summed E-state index contributed by atoms with van der Waals surface area (Å²) in [5.41, 5.74) is 1.21. The zero-order chi connectivity index (χ0) is 13.0. The van der Waals surface area contributed by atoms with Crippen LogP contribution in [0.25, 0.3) is 0 Å². The maximum atomic E-state index is 4.86. The molecule has 5 heteroatoms. The van der Waals surface area contributed by atoms with Crippen molar-refractivity contribution in [2.24, 2.45) is 0 Å². The molecule has 3 atom stereocenters. The molecule has 1 fully saturated rings. The third-order valence-electron chi connectivity index (χ3n) is 3.12. The van der Waals surface area contributed by atoms with E-state index in [0.29, 0.717) is 16.5 Å². The third kappa shape index (κ3) is 3.65. The van der Waals surface area contributed by atoms with Crippen molar-refractivity contribution in [3.63, 3.8) is 0 Å². The molecular weight excluding hydrogens is 280 g/mol. The highest BCUT2D eigenvalue weighted by molar-refractivity contribution is 8.06. The molecule has 0 aliphatic carbocycles. The average Bonchev–Trinajstić information content (AvgIpc) is 2.86. The van der Waals surface area contributed by atoms with Crippen molar-refractivity contribution in [1.82, 2.24) is 10.3 Å². The fraction of sp³-hybridized carbons (Fsp3) is 0.769. The molecule has 1 aliphatic rings. The summed E-state index contributed by atoms with van der Waals surface area (Å²) in [5.74, 6) is 2.55. The van der Waals surface area contributed by atoms with Gasteiger partial charge in [-0.25, -0.2) is 4.98 Å². The lowest BCUT2D eigenvalue weighted by Crippen LogP contribution is -2.20. The highest BCUT2D eigenvalue weighted by atomic mass is 32.2. The predicted octanol–water partition coefficient (Wildman–Crippen LogP) is 4.11. The van der Waals surface area contributed by atoms with Gasteiger partial charge in [0.15, 0.2) is 0 Å². The quantitative estimate of drug-likeness (QED) is 0.884. The molecule has 0 spiro atoms. The van der Waals surface area contributed by atoms with Gasteiger partial charge in [-0.3, -0.25) is 0 Å². The van der Waals surface area contributed by atoms with Crippen molar-refractivity contribution in [3.8, 4) is 0 Å². The molecule has 0 amide bonds. The summed E-state index contributed by atoms with van der Waals surface area (Å²) >= 11 is 5.99. The first-order valence-corrected chi connectivity index (χ1v) is 9.62. The monoisotopic (exact) mass is 302 g/mol. The second kappa shape index (κ2) is 7.17. The topological polar surface area (TPSA) is 24.9 Å². The molecule has 2 nitrogen and oxygen atoms in total. The van der Waals surface area contributed by atoms with Gasteiger partial charge in [-0.2, -0.15) is 11.8 Å². The molecule has 2 heterocycles. The predicted molar refractivity (Wildman–Crippen MR) is 85.9 cm³/mol. The van der Waals surface area contributed by atoms with Crippen LogP contribution in [-0.2, 0) is 0 Å². The second-order valence-electron chi connectivity index (χ2n) is 4.65. The summed E-state index contributed by atoms with van der Waals surface area (Å²) < 4.78 is 0. The van der Waals surface area contributed by atoms with Gasteiger partial charge < -0.3 is 5.32 Å². The van der Waals surface area contributed by atoms with E-state index in [1.54, 1.807) is 0 Å². The first kappa shape index (κ1) is 14.7. The Morgan fingerprint density at radius 3 is 2.94 bits per heavy atom. The molecule has 1 aliphatic heterocycles. The minimum Gasteiger partial charge on any atom is -0.309 e. The number of thioether (sulfide) groups is 2. The molecule has 0 aromatic carbocycles. The molecular formula is C13H22N2S3. The zero-order valence-corrected chi connectivity index (χ0v) is 13.8. The van der Waals surface area contributed by atoms with Crippen LogP contribution in [-0.4, -0.2) is 28.3 Å². The van der Waals surface area contributed by atoms with Crippen LogP contribution in [0, 0.1) is 0 Å². The van der Waals surface area contributed by atoms with Crippen molar-refractivity contribution in [2.75, 3.05) is 18.1 Å². The van der Waals surface area contributed by atoms with E-state index < -0.39 is 0 Å². The van der Waals surface area contributed by atoms with E-state index >= 15 is 0 Å². The van der Waals surface area contributed by atoms with Crippen LogP contribution in [0.2, 0.25) is 0 Å². The van der Waals surface area contributed by atoms with Gasteiger partial charge in [0.05, 0.1) is 10.9 Å². The number of hydrogen-bond acceptors (Lipinski definition) is 5. The first-order valence-electron chi connectivity index (χ1n) is 6.64. The van der Waals surface area contributed by atoms with Gasteiger partial charge in [-0.05, 0) is 19.9 Å². The zero-order valence-electron chi connectivity index (χ0n) is 11.3. The number of aromatic nitrogens is 1. The average molecular weight is 303 g/mol. The van der Waals surface area contributed by atoms with Crippen LogP contribution in [0.3, 0.4) is 0 Å². The van der Waals surface area contributed by atoms with Crippen LogP contribution in [0.5, 0.6) is 0 Å². The Hall–Kier alpha value is 0.290. The summed E-state index contributed by atoms with van der Waals surface area (Å²) in [7, 11) is 0. The minimum absolute atomic E-state index is 0.381. The minimum atomic E-state index is 0.381. The molecule has 0 bridgehead atoms. The van der Waals surface area contributed by atoms with Crippen molar-refractivity contribution >= 4 is 34.9 Å². The lowest BCUT2D eigenvalue weighted by atomic mass is 10.2. The van der Waals surface area contributed by atoms with Crippen LogP contribution in [0.15, 0.2) is 5.38 Å². The molecule has 102 valence electrons. The molecule has 1 aromatic rings. The first-order chi connectivity index (χ1) is 8.72. The van der Waals surface area contributed by atoms with Crippen LogP contribution in [0.4, 0.5) is 0 Å². The van der Waals surface area contributed by atoms with Gasteiger partial charge in [0.25, 0.3) is 0 Å². The SMILES string of the molecule is CCCNC(C)c1csc(C2SCCSC2C)n1. The highest BCUT2D eigenvalue weighted by Gasteiger charge is 2.27. The van der Waals surface area contributed by atoms with Gasteiger partial charge in [0.1, 0.15) is 5.01 Å². The molecule has 18 heavy (non-hydrogen) atoms. The van der Waals surface area contributed by atoms with Gasteiger partial charge >= 0.3 is 0 Å². The van der Waals surface area contributed by atoms with Gasteiger partial charge in [0.2, 0.25) is 0 Å². The Morgan fingerprint density at radius 2 is 2.22 bits per heavy atom. The maximum Gasteiger partial charge on any atom is 0.107 e. The lowest BCUT2D eigenvalue weighted by Gasteiger charge is -2.26. The Labute approximate surface area is 123 Å². The van der Waals surface area contributed by atoms with Gasteiger partial charge in [0, 0.05) is 28.2 Å². The molecule has 3 unspecified atom stereocenters.